The molecule has 0 atom stereocenters. The maximum atomic E-state index is 5.07. The Bertz CT molecular complexity index is 87.3. The van der Waals surface area contributed by atoms with Crippen LogP contribution in [0.2, 0.25) is 0 Å². The Morgan fingerprint density at radius 1 is 1.40 bits per heavy atom. The van der Waals surface area contributed by atoms with Crippen LogP contribution in [0.25, 0.3) is 0 Å². The summed E-state index contributed by atoms with van der Waals surface area (Å²) in [5, 5.41) is 0. The van der Waals surface area contributed by atoms with Crippen LogP contribution in [0.15, 0.2) is 0 Å². The van der Waals surface area contributed by atoms with Gasteiger partial charge >= 0.3 is 0 Å². The molecule has 0 radical (unpaired) electrons. The maximum Gasteiger partial charge on any atom is 0.0354 e. The van der Waals surface area contributed by atoms with Crippen LogP contribution >= 0.6 is 0 Å². The van der Waals surface area contributed by atoms with Crippen molar-refractivity contribution in [1.82, 2.24) is 0 Å². The van der Waals surface area contributed by atoms with Gasteiger partial charge < -0.3 is 11.7 Å². The summed E-state index contributed by atoms with van der Waals surface area (Å²) in [6.45, 7) is 4.97. The minimum atomic E-state index is 0. The Kier molecular flexibility index (Phi) is 2.88. The number of rotatable bonds is 2. The summed E-state index contributed by atoms with van der Waals surface area (Å²) in [5.74, 6) is 0. The van der Waals surface area contributed by atoms with E-state index in [1.54, 1.807) is 7.11 Å². The molecular formula is C8H15NoO-. The molecule has 0 aliphatic heterocycles. The van der Waals surface area contributed by atoms with E-state index in [-0.39, 0.29) is 5.41 Å². The molecule has 1 aliphatic carbocycles. The quantitative estimate of drug-likeness (QED) is 0.661. The topological polar surface area (TPSA) is 9.23 Å². The zero-order valence-electron chi connectivity index (χ0n) is 6.42. The molecule has 0 spiro atoms. The van der Waals surface area contributed by atoms with E-state index in [1.165, 1.54) is 25.7 Å². The molecule has 0 aromatic carbocycles. The fourth-order valence-electron chi connectivity index (χ4n) is 1.58. The van der Waals surface area contributed by atoms with Crippen molar-refractivity contribution in [3.8, 4) is 0 Å². The van der Waals surface area contributed by atoms with Crippen molar-refractivity contribution in [3.63, 3.8) is 0 Å². The Labute approximate surface area is 57.4 Å². The second kappa shape index (κ2) is 3.21. The summed E-state index contributed by atoms with van der Waals surface area (Å²) in [4.78, 5) is 0. The second-order valence-corrected chi connectivity index (χ2v) is 3.14. The molecule has 0 saturated heterocycles. The SMILES string of the molecule is [CH2-]C1(COC)CCCC1.[No]. The first-order chi connectivity index (χ1) is 4.27. The van der Waals surface area contributed by atoms with Crippen LogP contribution in [0, 0.1) is 12.3 Å². The van der Waals surface area contributed by atoms with E-state index in [4.69, 9.17) is 4.74 Å². The van der Waals surface area contributed by atoms with Gasteiger partial charge in [-0.1, -0.05) is 25.7 Å². The first kappa shape index (κ1) is 8.96. The van der Waals surface area contributed by atoms with Crippen LogP contribution in [0.5, 0.6) is 0 Å². The van der Waals surface area contributed by atoms with Crippen molar-refractivity contribution in [2.75, 3.05) is 13.7 Å². The predicted octanol–water partition coefficient (Wildman–Crippen LogP) is 2.03. The Morgan fingerprint density at radius 3 is 2.30 bits per heavy atom. The van der Waals surface area contributed by atoms with Gasteiger partial charge in [0.25, 0.3) is 0 Å². The van der Waals surface area contributed by atoms with E-state index >= 15 is 0 Å². The molecular weight excluding hydrogens is 371 g/mol. The number of methoxy groups -OCH3 is 1. The zero-order valence-corrected chi connectivity index (χ0v) is 8.64. The minimum absolute atomic E-state index is 0. The van der Waals surface area contributed by atoms with Crippen molar-refractivity contribution in [2.45, 2.75) is 25.7 Å². The van der Waals surface area contributed by atoms with E-state index in [9.17, 15) is 0 Å². The van der Waals surface area contributed by atoms with Crippen LogP contribution < -0.4 is 0 Å². The number of hydrogen-bond donors (Lipinski definition) is 0. The largest absolute Gasteiger partial charge is 0.387 e. The summed E-state index contributed by atoms with van der Waals surface area (Å²) < 4.78 is 5.07. The summed E-state index contributed by atoms with van der Waals surface area (Å²) in [6, 6.07) is 0. The van der Waals surface area contributed by atoms with Gasteiger partial charge in [-0.3, -0.25) is 0 Å². The first-order valence-electron chi connectivity index (χ1n) is 3.61. The van der Waals surface area contributed by atoms with Gasteiger partial charge in [0, 0.05) is 13.7 Å². The van der Waals surface area contributed by atoms with Crippen LogP contribution in [-0.2, 0) is 4.74 Å². The van der Waals surface area contributed by atoms with E-state index in [2.05, 4.69) is 6.92 Å². The summed E-state index contributed by atoms with van der Waals surface area (Å²) in [6.07, 6.45) is 5.18. The normalized spacial score (nSPS) is 22.2. The Hall–Kier alpha value is -1.04. The van der Waals surface area contributed by atoms with Gasteiger partial charge in [-0.2, -0.15) is 0 Å². The third-order valence-electron chi connectivity index (χ3n) is 2.11. The van der Waals surface area contributed by atoms with Gasteiger partial charge in [0.1, 0.15) is 0 Å². The van der Waals surface area contributed by atoms with Gasteiger partial charge in [0.05, 0.1) is 0 Å². The van der Waals surface area contributed by atoms with E-state index in [0.717, 1.165) is 6.61 Å². The smallest absolute Gasteiger partial charge is 0.0354 e. The third kappa shape index (κ3) is 1.73. The van der Waals surface area contributed by atoms with Gasteiger partial charge in [-0.15, -0.1) is 5.41 Å². The monoisotopic (exact) mass is 386 g/mol. The zero-order chi connectivity index (χ0) is 6.74. The molecule has 0 N–H and O–H groups in total. The molecule has 1 nitrogen and oxygen atoms in total. The molecule has 10 heavy (non-hydrogen) atoms. The molecule has 68 valence electrons. The summed E-state index contributed by atoms with van der Waals surface area (Å²) in [7, 11) is 1.76. The van der Waals surface area contributed by atoms with Crippen LogP contribution in [0.3, 0.4) is 0 Å². The van der Waals surface area contributed by atoms with E-state index in [0.29, 0.717) is 0 Å². The van der Waals surface area contributed by atoms with E-state index < -0.39 is 0 Å². The average Bonchev–Trinajstić information content (AvgIpc) is 2.16. The molecule has 2 heteroatoms. The third-order valence-corrected chi connectivity index (χ3v) is 2.11. The summed E-state index contributed by atoms with van der Waals surface area (Å²) in [5.41, 5.74) is 0.273. The van der Waals surface area contributed by atoms with Crippen molar-refractivity contribution >= 4 is 0 Å². The van der Waals surface area contributed by atoms with Gasteiger partial charge in [0.2, 0.25) is 0 Å². The fourth-order valence-corrected chi connectivity index (χ4v) is 1.58. The molecule has 1 rings (SSSR count). The standard InChI is InChI=1S/C8H15O.No/c1-8(7-9-2)5-3-4-6-8;/h1,3-7H2,2H3;/q-1;. The Morgan fingerprint density at radius 2 is 1.90 bits per heavy atom. The summed E-state index contributed by atoms with van der Waals surface area (Å²) >= 11 is 0. The minimum Gasteiger partial charge on any atom is -0.387 e. The molecule has 1 fully saturated rings. The molecule has 0 aromatic heterocycles. The molecule has 1 saturated carbocycles. The maximum absolute atomic E-state index is 5.07. The van der Waals surface area contributed by atoms with Crippen molar-refractivity contribution < 1.29 is 4.74 Å². The van der Waals surface area contributed by atoms with E-state index in [1.807, 2.05) is 0 Å². The number of hydrogen-bond acceptors (Lipinski definition) is 1. The van der Waals surface area contributed by atoms with Crippen molar-refractivity contribution in [3.05, 3.63) is 6.92 Å². The molecule has 0 bridgehead atoms. The second-order valence-electron chi connectivity index (χ2n) is 3.14. The van der Waals surface area contributed by atoms with Crippen LogP contribution in [0.4, 0.5) is 0 Å². The molecule has 0 amide bonds. The average molecular weight is 386 g/mol. The Balaban J connectivity index is 0.000000810. The van der Waals surface area contributed by atoms with Gasteiger partial charge in [-0.25, -0.2) is 0 Å². The molecule has 0 unspecified atom stereocenters. The van der Waals surface area contributed by atoms with Crippen molar-refractivity contribution in [2.24, 2.45) is 5.41 Å². The van der Waals surface area contributed by atoms with Crippen LogP contribution in [0.1, 0.15) is 25.7 Å². The van der Waals surface area contributed by atoms with Gasteiger partial charge in [0.15, 0.2) is 0 Å². The fraction of sp³-hybridized carbons (Fsp3) is 0.875. The van der Waals surface area contributed by atoms with Gasteiger partial charge in [-0.05, 0) is 0 Å². The van der Waals surface area contributed by atoms with Crippen LogP contribution in [-0.4, -0.2) is 13.7 Å². The molecule has 0 heterocycles. The van der Waals surface area contributed by atoms with Crippen molar-refractivity contribution in [1.29, 1.82) is 0 Å². The molecule has 0 aromatic rings. The molecule has 1 aliphatic rings. The first-order valence-corrected chi connectivity index (χ1v) is 3.61. The predicted molar refractivity (Wildman–Crippen MR) is 38.1 cm³/mol. The number of ether oxygens (including phenoxy) is 1.